The number of hydrogen-bond donors (Lipinski definition) is 2. The number of aliphatic hydroxyl groups excluding tert-OH is 1. The van der Waals surface area contributed by atoms with E-state index in [1.165, 1.54) is 0 Å². The molecule has 1 aromatic rings. The molecule has 0 bridgehead atoms. The lowest BCUT2D eigenvalue weighted by atomic mass is 10.0. The summed E-state index contributed by atoms with van der Waals surface area (Å²) in [4.78, 5) is 0.259. The van der Waals surface area contributed by atoms with E-state index >= 15 is 0 Å². The molecule has 2 N–H and O–H groups in total. The molecule has 1 saturated carbocycles. The minimum absolute atomic E-state index is 0.196. The third-order valence-corrected chi connectivity index (χ3v) is 5.46. The Kier molecular flexibility index (Phi) is 4.52. The minimum atomic E-state index is -3.45. The zero-order valence-electron chi connectivity index (χ0n) is 12.1. The van der Waals surface area contributed by atoms with E-state index in [4.69, 9.17) is 0 Å². The van der Waals surface area contributed by atoms with Gasteiger partial charge in [0, 0.05) is 6.54 Å². The number of rotatable bonds is 7. The summed E-state index contributed by atoms with van der Waals surface area (Å²) in [5.41, 5.74) is 0.912. The molecule has 1 fully saturated rings. The van der Waals surface area contributed by atoms with Gasteiger partial charge in [-0.1, -0.05) is 25.5 Å². The average Bonchev–Trinajstić information content (AvgIpc) is 3.18. The Bertz CT molecular complexity index is 545. The second kappa shape index (κ2) is 5.84. The van der Waals surface area contributed by atoms with Gasteiger partial charge in [0.1, 0.15) is 0 Å². The molecule has 1 aliphatic carbocycles. The van der Waals surface area contributed by atoms with Crippen LogP contribution in [0.15, 0.2) is 29.2 Å². The first-order chi connectivity index (χ1) is 9.38. The van der Waals surface area contributed by atoms with Crippen LogP contribution in [-0.2, 0) is 10.0 Å². The Morgan fingerprint density at radius 1 is 1.30 bits per heavy atom. The lowest BCUT2D eigenvalue weighted by Gasteiger charge is -2.15. The molecule has 1 aliphatic rings. The maximum Gasteiger partial charge on any atom is 0.240 e. The summed E-state index contributed by atoms with van der Waals surface area (Å²) in [6.45, 7) is 4.31. The highest BCUT2D eigenvalue weighted by Gasteiger charge is 2.42. The number of aliphatic hydroxyl groups is 1. The van der Waals surface area contributed by atoms with Crippen molar-refractivity contribution in [2.24, 2.45) is 5.41 Å². The van der Waals surface area contributed by atoms with E-state index in [1.54, 1.807) is 31.2 Å². The van der Waals surface area contributed by atoms with Crippen molar-refractivity contribution in [2.45, 2.75) is 50.5 Å². The Morgan fingerprint density at radius 3 is 2.35 bits per heavy atom. The molecule has 20 heavy (non-hydrogen) atoms. The molecule has 0 spiro atoms. The van der Waals surface area contributed by atoms with Gasteiger partial charge in [-0.15, -0.1) is 0 Å². The third kappa shape index (κ3) is 3.59. The van der Waals surface area contributed by atoms with Gasteiger partial charge in [-0.3, -0.25) is 0 Å². The van der Waals surface area contributed by atoms with Crippen LogP contribution in [0.2, 0.25) is 0 Å². The van der Waals surface area contributed by atoms with Crippen molar-refractivity contribution in [1.29, 1.82) is 0 Å². The van der Waals surface area contributed by atoms with Crippen molar-refractivity contribution in [3.05, 3.63) is 29.8 Å². The van der Waals surface area contributed by atoms with Crippen LogP contribution < -0.4 is 4.72 Å². The van der Waals surface area contributed by atoms with Crippen LogP contribution in [0.3, 0.4) is 0 Å². The fraction of sp³-hybridized carbons (Fsp3) is 0.600. The molecule has 4 nitrogen and oxygen atoms in total. The summed E-state index contributed by atoms with van der Waals surface area (Å²) in [6, 6.07) is 6.39. The molecule has 5 heteroatoms. The predicted molar refractivity (Wildman–Crippen MR) is 78.8 cm³/mol. The molecule has 1 aromatic carbocycles. The number of nitrogens with one attached hydrogen (secondary N) is 1. The third-order valence-electron chi connectivity index (χ3n) is 4.05. The molecule has 0 saturated heterocycles. The van der Waals surface area contributed by atoms with Gasteiger partial charge in [-0.2, -0.15) is 0 Å². The van der Waals surface area contributed by atoms with E-state index in [1.807, 2.05) is 0 Å². The van der Waals surface area contributed by atoms with E-state index in [-0.39, 0.29) is 10.3 Å². The summed E-state index contributed by atoms with van der Waals surface area (Å²) in [5, 5.41) is 9.43. The lowest BCUT2D eigenvalue weighted by molar-refractivity contribution is 0.199. The first-order valence-corrected chi connectivity index (χ1v) is 8.65. The maximum absolute atomic E-state index is 12.2. The van der Waals surface area contributed by atoms with Crippen LogP contribution in [-0.4, -0.2) is 20.1 Å². The molecule has 112 valence electrons. The number of benzene rings is 1. The molecule has 0 heterocycles. The van der Waals surface area contributed by atoms with Crippen molar-refractivity contribution in [3.8, 4) is 0 Å². The highest BCUT2D eigenvalue weighted by atomic mass is 32.2. The van der Waals surface area contributed by atoms with Crippen molar-refractivity contribution >= 4 is 10.0 Å². The van der Waals surface area contributed by atoms with Crippen molar-refractivity contribution in [2.75, 3.05) is 6.54 Å². The standard InChI is InChI=1S/C15H23NO3S/c1-3-8-15(9-10-15)11-16-20(18,19)14-6-4-13(5-7-14)12(2)17/h4-7,12,16-17H,3,8-11H2,1-2H3. The highest BCUT2D eigenvalue weighted by Crippen LogP contribution is 2.49. The van der Waals surface area contributed by atoms with Gasteiger partial charge in [0.05, 0.1) is 11.0 Å². The first kappa shape index (κ1) is 15.5. The van der Waals surface area contributed by atoms with Crippen LogP contribution in [0, 0.1) is 5.41 Å². The van der Waals surface area contributed by atoms with E-state index in [0.29, 0.717) is 12.1 Å². The molecular weight excluding hydrogens is 274 g/mol. The Balaban J connectivity index is 2.03. The van der Waals surface area contributed by atoms with E-state index in [9.17, 15) is 13.5 Å². The Hall–Kier alpha value is -0.910. The van der Waals surface area contributed by atoms with Gasteiger partial charge in [0.25, 0.3) is 0 Å². The Morgan fingerprint density at radius 2 is 1.90 bits per heavy atom. The molecule has 2 rings (SSSR count). The monoisotopic (exact) mass is 297 g/mol. The van der Waals surface area contributed by atoms with Crippen molar-refractivity contribution < 1.29 is 13.5 Å². The summed E-state index contributed by atoms with van der Waals surface area (Å²) in [6.07, 6.45) is 3.81. The van der Waals surface area contributed by atoms with Crippen LogP contribution in [0.1, 0.15) is 51.2 Å². The first-order valence-electron chi connectivity index (χ1n) is 7.16. The topological polar surface area (TPSA) is 66.4 Å². The van der Waals surface area contributed by atoms with Gasteiger partial charge >= 0.3 is 0 Å². The SMILES string of the molecule is CCCC1(CNS(=O)(=O)c2ccc(C(C)O)cc2)CC1. The average molecular weight is 297 g/mol. The zero-order valence-corrected chi connectivity index (χ0v) is 12.9. The molecule has 0 radical (unpaired) electrons. The van der Waals surface area contributed by atoms with Crippen LogP contribution in [0.25, 0.3) is 0 Å². The van der Waals surface area contributed by atoms with Crippen LogP contribution in [0.4, 0.5) is 0 Å². The smallest absolute Gasteiger partial charge is 0.240 e. The molecule has 0 amide bonds. The van der Waals surface area contributed by atoms with Crippen molar-refractivity contribution in [3.63, 3.8) is 0 Å². The fourth-order valence-electron chi connectivity index (χ4n) is 2.48. The maximum atomic E-state index is 12.2. The van der Waals surface area contributed by atoms with Gasteiger partial charge in [-0.25, -0.2) is 13.1 Å². The summed E-state index contributed by atoms with van der Waals surface area (Å²) >= 11 is 0. The second-order valence-electron chi connectivity index (χ2n) is 5.82. The fourth-order valence-corrected chi connectivity index (χ4v) is 3.64. The van der Waals surface area contributed by atoms with Crippen LogP contribution >= 0.6 is 0 Å². The summed E-state index contributed by atoms with van der Waals surface area (Å²) < 4.78 is 27.2. The predicted octanol–water partition coefficient (Wildman–Crippen LogP) is 2.60. The quantitative estimate of drug-likeness (QED) is 0.813. The van der Waals surface area contributed by atoms with E-state index in [0.717, 1.165) is 25.7 Å². The molecular formula is C15H23NO3S. The molecule has 0 aliphatic heterocycles. The van der Waals surface area contributed by atoms with Gasteiger partial charge in [0.2, 0.25) is 10.0 Å². The number of sulfonamides is 1. The molecule has 1 atom stereocenters. The second-order valence-corrected chi connectivity index (χ2v) is 7.59. The van der Waals surface area contributed by atoms with Crippen LogP contribution in [0.5, 0.6) is 0 Å². The summed E-state index contributed by atoms with van der Waals surface area (Å²) in [5.74, 6) is 0. The molecule has 1 unspecified atom stereocenters. The number of hydrogen-bond acceptors (Lipinski definition) is 3. The van der Waals surface area contributed by atoms with Gasteiger partial charge in [-0.05, 0) is 49.3 Å². The van der Waals surface area contributed by atoms with Gasteiger partial charge < -0.3 is 5.11 Å². The molecule has 0 aromatic heterocycles. The minimum Gasteiger partial charge on any atom is -0.389 e. The highest BCUT2D eigenvalue weighted by molar-refractivity contribution is 7.89. The zero-order chi connectivity index (χ0) is 14.8. The summed E-state index contributed by atoms with van der Waals surface area (Å²) in [7, 11) is -3.45. The van der Waals surface area contributed by atoms with E-state index in [2.05, 4.69) is 11.6 Å². The largest absolute Gasteiger partial charge is 0.389 e. The van der Waals surface area contributed by atoms with Gasteiger partial charge in [0.15, 0.2) is 0 Å². The normalized spacial score (nSPS) is 18.8. The van der Waals surface area contributed by atoms with E-state index < -0.39 is 16.1 Å². The Labute approximate surface area is 121 Å². The van der Waals surface area contributed by atoms with Crippen molar-refractivity contribution in [1.82, 2.24) is 4.72 Å². The lowest BCUT2D eigenvalue weighted by Crippen LogP contribution is -2.30.